The summed E-state index contributed by atoms with van der Waals surface area (Å²) in [7, 11) is 0. The van der Waals surface area contributed by atoms with E-state index < -0.39 is 0 Å². The van der Waals surface area contributed by atoms with Gasteiger partial charge >= 0.3 is 0 Å². The zero-order valence-corrected chi connectivity index (χ0v) is 22.5. The Bertz CT molecular complexity index is 1420. The molecule has 0 unspecified atom stereocenters. The molecule has 1 aromatic heterocycles. The van der Waals surface area contributed by atoms with Gasteiger partial charge in [-0.3, -0.25) is 9.69 Å². The number of nitrogens with zero attached hydrogens (tertiary/aromatic N) is 4. The van der Waals surface area contributed by atoms with Crippen LogP contribution in [-0.2, 0) is 6.54 Å². The quantitative estimate of drug-likeness (QED) is 0.244. The van der Waals surface area contributed by atoms with Crippen molar-refractivity contribution >= 4 is 29.4 Å². The molecule has 0 atom stereocenters. The maximum absolute atomic E-state index is 12.7. The average Bonchev–Trinajstić information content (AvgIpc) is 3.22. The molecule has 7 heteroatoms. The molecule has 1 fully saturated rings. The number of halogens is 1. The molecular formula is C31H32ClN5O. The van der Waals surface area contributed by atoms with Gasteiger partial charge in [-0.15, -0.1) is 0 Å². The number of piperazine rings is 1. The van der Waals surface area contributed by atoms with Gasteiger partial charge in [0.2, 0.25) is 0 Å². The molecule has 4 aromatic rings. The van der Waals surface area contributed by atoms with Gasteiger partial charge in [0.1, 0.15) is 0 Å². The van der Waals surface area contributed by atoms with Crippen molar-refractivity contribution in [2.75, 3.05) is 31.1 Å². The summed E-state index contributed by atoms with van der Waals surface area (Å²) >= 11 is 6.18. The molecule has 1 N–H and O–H groups in total. The number of carbonyl (C=O) groups excluding carboxylic acids is 1. The van der Waals surface area contributed by atoms with Gasteiger partial charge in [0.05, 0.1) is 6.21 Å². The molecule has 3 aromatic carbocycles. The van der Waals surface area contributed by atoms with Crippen LogP contribution in [0.5, 0.6) is 0 Å². The van der Waals surface area contributed by atoms with Crippen molar-refractivity contribution in [1.82, 2.24) is 14.9 Å². The lowest BCUT2D eigenvalue weighted by Crippen LogP contribution is -2.45. The average molecular weight is 526 g/mol. The number of amides is 1. The number of para-hydroxylation sites is 1. The van der Waals surface area contributed by atoms with E-state index in [-0.39, 0.29) is 5.91 Å². The molecule has 194 valence electrons. The van der Waals surface area contributed by atoms with Crippen LogP contribution in [0.1, 0.15) is 32.9 Å². The summed E-state index contributed by atoms with van der Waals surface area (Å²) in [6, 6.07) is 28.1. The summed E-state index contributed by atoms with van der Waals surface area (Å²) in [5, 5.41) is 4.90. The van der Waals surface area contributed by atoms with Gasteiger partial charge in [0.15, 0.2) is 0 Å². The van der Waals surface area contributed by atoms with Crippen LogP contribution in [0.25, 0.3) is 5.69 Å². The Morgan fingerprint density at radius 3 is 2.32 bits per heavy atom. The van der Waals surface area contributed by atoms with E-state index in [2.05, 4.69) is 55.2 Å². The number of rotatable bonds is 7. The summed E-state index contributed by atoms with van der Waals surface area (Å²) in [4.78, 5) is 17.5. The summed E-state index contributed by atoms with van der Waals surface area (Å²) in [6.07, 6.45) is 1.69. The van der Waals surface area contributed by atoms with Gasteiger partial charge in [-0.25, -0.2) is 5.43 Å². The number of anilines is 1. The molecule has 1 saturated heterocycles. The summed E-state index contributed by atoms with van der Waals surface area (Å²) in [5.74, 6) is -0.229. The van der Waals surface area contributed by atoms with Crippen molar-refractivity contribution in [3.8, 4) is 5.69 Å². The molecule has 1 aliphatic heterocycles. The van der Waals surface area contributed by atoms with Gasteiger partial charge in [-0.05, 0) is 67.9 Å². The molecule has 2 heterocycles. The van der Waals surface area contributed by atoms with E-state index in [1.165, 1.54) is 11.3 Å². The van der Waals surface area contributed by atoms with E-state index in [4.69, 9.17) is 11.6 Å². The van der Waals surface area contributed by atoms with E-state index in [9.17, 15) is 4.79 Å². The Balaban J connectivity index is 1.14. The fourth-order valence-corrected chi connectivity index (χ4v) is 5.16. The summed E-state index contributed by atoms with van der Waals surface area (Å²) in [5.41, 5.74) is 9.75. The number of hydrogen-bond donors (Lipinski definition) is 1. The van der Waals surface area contributed by atoms with Crippen molar-refractivity contribution in [2.45, 2.75) is 20.4 Å². The topological polar surface area (TPSA) is 52.9 Å². The third-order valence-electron chi connectivity index (χ3n) is 7.02. The second kappa shape index (κ2) is 11.7. The second-order valence-corrected chi connectivity index (χ2v) is 10.1. The van der Waals surface area contributed by atoms with E-state index in [0.29, 0.717) is 10.6 Å². The van der Waals surface area contributed by atoms with Crippen molar-refractivity contribution in [1.29, 1.82) is 0 Å². The molecular weight excluding hydrogens is 494 g/mol. The number of benzene rings is 3. The predicted octanol–water partition coefficient (Wildman–Crippen LogP) is 5.83. The van der Waals surface area contributed by atoms with Crippen LogP contribution in [0, 0.1) is 13.8 Å². The van der Waals surface area contributed by atoms with Crippen LogP contribution in [0.15, 0.2) is 90.0 Å². The molecule has 5 rings (SSSR count). The molecule has 38 heavy (non-hydrogen) atoms. The largest absolute Gasteiger partial charge is 0.369 e. The van der Waals surface area contributed by atoms with Crippen LogP contribution in [-0.4, -0.2) is 47.8 Å². The highest BCUT2D eigenvalue weighted by atomic mass is 35.5. The van der Waals surface area contributed by atoms with Crippen molar-refractivity contribution < 1.29 is 4.79 Å². The van der Waals surface area contributed by atoms with E-state index in [1.807, 2.05) is 68.4 Å². The van der Waals surface area contributed by atoms with Crippen LogP contribution in [0.3, 0.4) is 0 Å². The molecule has 0 spiro atoms. The highest BCUT2D eigenvalue weighted by molar-refractivity contribution is 6.30. The lowest BCUT2D eigenvalue weighted by atomic mass is 10.1. The minimum absolute atomic E-state index is 0.229. The molecule has 0 saturated carbocycles. The van der Waals surface area contributed by atoms with Gasteiger partial charge in [0, 0.05) is 71.6 Å². The van der Waals surface area contributed by atoms with Crippen molar-refractivity contribution in [2.24, 2.45) is 5.10 Å². The minimum Gasteiger partial charge on any atom is -0.369 e. The standard InChI is InChI=1S/C31H32ClN5O/c1-23-19-27(24(2)37(23)30-10-6-7-28(32)20-30)21-33-34-31(38)26-13-11-25(12-14-26)22-35-15-17-36(18-16-35)29-8-4-3-5-9-29/h3-14,19-21H,15-18,22H2,1-2H3,(H,34,38)/b33-21+. The maximum Gasteiger partial charge on any atom is 0.271 e. The summed E-state index contributed by atoms with van der Waals surface area (Å²) in [6.45, 7) is 9.01. The third kappa shape index (κ3) is 5.98. The first-order chi connectivity index (χ1) is 18.5. The molecule has 0 bridgehead atoms. The fourth-order valence-electron chi connectivity index (χ4n) is 4.98. The first-order valence-electron chi connectivity index (χ1n) is 12.9. The van der Waals surface area contributed by atoms with Gasteiger partial charge in [0.25, 0.3) is 5.91 Å². The summed E-state index contributed by atoms with van der Waals surface area (Å²) < 4.78 is 2.12. The molecule has 1 amide bonds. The smallest absolute Gasteiger partial charge is 0.271 e. The van der Waals surface area contributed by atoms with E-state index in [1.54, 1.807) is 6.21 Å². The molecule has 0 aliphatic carbocycles. The van der Waals surface area contributed by atoms with E-state index >= 15 is 0 Å². The first kappa shape index (κ1) is 25.8. The lowest BCUT2D eigenvalue weighted by Gasteiger charge is -2.36. The zero-order chi connectivity index (χ0) is 26.5. The maximum atomic E-state index is 12.7. The van der Waals surface area contributed by atoms with Crippen LogP contribution in [0.2, 0.25) is 5.02 Å². The first-order valence-corrected chi connectivity index (χ1v) is 13.3. The molecule has 6 nitrogen and oxygen atoms in total. The Morgan fingerprint density at radius 1 is 0.895 bits per heavy atom. The fraction of sp³-hybridized carbons (Fsp3) is 0.226. The van der Waals surface area contributed by atoms with Gasteiger partial charge < -0.3 is 9.47 Å². The number of carbonyl (C=O) groups is 1. The normalized spacial score (nSPS) is 14.2. The molecule has 0 radical (unpaired) electrons. The Morgan fingerprint density at radius 2 is 1.61 bits per heavy atom. The Labute approximate surface area is 229 Å². The van der Waals surface area contributed by atoms with E-state index in [0.717, 1.165) is 55.4 Å². The van der Waals surface area contributed by atoms with Crippen LogP contribution >= 0.6 is 11.6 Å². The third-order valence-corrected chi connectivity index (χ3v) is 7.26. The zero-order valence-electron chi connectivity index (χ0n) is 21.8. The number of nitrogens with one attached hydrogen (secondary N) is 1. The predicted molar refractivity (Wildman–Crippen MR) is 156 cm³/mol. The Hall–Kier alpha value is -3.87. The number of aryl methyl sites for hydroxylation is 1. The van der Waals surface area contributed by atoms with Crippen molar-refractivity contribution in [3.63, 3.8) is 0 Å². The Kier molecular flexibility index (Phi) is 7.91. The van der Waals surface area contributed by atoms with Crippen LogP contribution in [0.4, 0.5) is 5.69 Å². The van der Waals surface area contributed by atoms with Gasteiger partial charge in [-0.2, -0.15) is 5.10 Å². The number of hydrogen-bond acceptors (Lipinski definition) is 4. The SMILES string of the molecule is Cc1cc(/C=N/NC(=O)c2ccc(CN3CCN(c4ccccc4)CC3)cc2)c(C)n1-c1cccc(Cl)c1. The second-order valence-electron chi connectivity index (χ2n) is 9.64. The van der Waals surface area contributed by atoms with Gasteiger partial charge in [-0.1, -0.05) is 48.0 Å². The van der Waals surface area contributed by atoms with Crippen LogP contribution < -0.4 is 10.3 Å². The van der Waals surface area contributed by atoms with Crippen molar-refractivity contribution in [3.05, 3.63) is 118 Å². The number of hydrazone groups is 1. The highest BCUT2D eigenvalue weighted by Gasteiger charge is 2.17. The number of aromatic nitrogens is 1. The minimum atomic E-state index is -0.229. The lowest BCUT2D eigenvalue weighted by molar-refractivity contribution is 0.0955. The molecule has 1 aliphatic rings. The highest BCUT2D eigenvalue weighted by Crippen LogP contribution is 2.22. The monoisotopic (exact) mass is 525 g/mol.